The molecular formula is C26H25BrN2O4S2. The number of amides is 1. The number of carbonyl (C=O) groups excluding carboxylic acids is 2. The van der Waals surface area contributed by atoms with Crippen molar-refractivity contribution in [2.75, 3.05) is 18.5 Å². The van der Waals surface area contributed by atoms with Gasteiger partial charge in [-0.2, -0.15) is 0 Å². The molecule has 35 heavy (non-hydrogen) atoms. The van der Waals surface area contributed by atoms with Crippen LogP contribution in [-0.2, 0) is 24.0 Å². The first-order valence-corrected chi connectivity index (χ1v) is 13.4. The summed E-state index contributed by atoms with van der Waals surface area (Å²) in [6.45, 7) is 2.60. The number of ether oxygens (including phenoxy) is 2. The highest BCUT2D eigenvalue weighted by molar-refractivity contribution is 9.10. The van der Waals surface area contributed by atoms with Gasteiger partial charge >= 0.3 is 5.97 Å². The summed E-state index contributed by atoms with van der Waals surface area (Å²) in [5.41, 5.74) is 3.18. The molecule has 1 aliphatic carbocycles. The van der Waals surface area contributed by atoms with Crippen molar-refractivity contribution >= 4 is 61.5 Å². The highest BCUT2D eigenvalue weighted by Crippen LogP contribution is 2.39. The Morgan fingerprint density at radius 1 is 1.14 bits per heavy atom. The number of hydrogen-bond donors (Lipinski definition) is 2. The molecule has 4 rings (SSSR count). The fourth-order valence-electron chi connectivity index (χ4n) is 3.90. The van der Waals surface area contributed by atoms with Crippen molar-refractivity contribution in [3.63, 3.8) is 0 Å². The first-order valence-electron chi connectivity index (χ1n) is 11.4. The lowest BCUT2D eigenvalue weighted by Gasteiger charge is -2.12. The Hall–Kier alpha value is -2.75. The van der Waals surface area contributed by atoms with Gasteiger partial charge in [-0.3, -0.25) is 10.1 Å². The van der Waals surface area contributed by atoms with Gasteiger partial charge in [0.15, 0.2) is 5.11 Å². The highest BCUT2D eigenvalue weighted by atomic mass is 79.9. The Balaban J connectivity index is 1.36. The van der Waals surface area contributed by atoms with Crippen molar-refractivity contribution in [2.24, 2.45) is 0 Å². The average molecular weight is 574 g/mol. The molecule has 0 radical (unpaired) electrons. The Labute approximate surface area is 222 Å². The van der Waals surface area contributed by atoms with Crippen LogP contribution in [0.2, 0.25) is 0 Å². The molecule has 0 fully saturated rings. The number of nitrogens with one attached hydrogen (secondary N) is 2. The van der Waals surface area contributed by atoms with E-state index in [1.807, 2.05) is 18.2 Å². The van der Waals surface area contributed by atoms with Crippen LogP contribution in [0.25, 0.3) is 0 Å². The third-order valence-electron chi connectivity index (χ3n) is 5.54. The van der Waals surface area contributed by atoms with Crippen LogP contribution in [-0.4, -0.2) is 30.2 Å². The lowest BCUT2D eigenvalue weighted by molar-refractivity contribution is 0.0527. The van der Waals surface area contributed by atoms with E-state index in [9.17, 15) is 9.59 Å². The minimum absolute atomic E-state index is 0.125. The lowest BCUT2D eigenvalue weighted by atomic mass is 10.1. The summed E-state index contributed by atoms with van der Waals surface area (Å²) in [4.78, 5) is 26.5. The SMILES string of the molecule is CCOC(=O)c1c(NC(=S)NC(=O)c2ccc(OCCc3ccccc3)c(Br)c2)sc2c1CCC2. The van der Waals surface area contributed by atoms with E-state index in [2.05, 4.69) is 38.7 Å². The van der Waals surface area contributed by atoms with E-state index in [-0.39, 0.29) is 17.0 Å². The Morgan fingerprint density at radius 3 is 2.69 bits per heavy atom. The minimum Gasteiger partial charge on any atom is -0.492 e. The highest BCUT2D eigenvalue weighted by Gasteiger charge is 2.28. The van der Waals surface area contributed by atoms with E-state index < -0.39 is 0 Å². The summed E-state index contributed by atoms with van der Waals surface area (Å²) in [5, 5.41) is 6.46. The number of thiophene rings is 1. The summed E-state index contributed by atoms with van der Waals surface area (Å²) < 4.78 is 11.8. The second-order valence-electron chi connectivity index (χ2n) is 7.92. The fourth-order valence-corrected chi connectivity index (χ4v) is 5.94. The van der Waals surface area contributed by atoms with Crippen LogP contribution in [0.1, 0.15) is 50.1 Å². The zero-order valence-corrected chi connectivity index (χ0v) is 22.4. The summed E-state index contributed by atoms with van der Waals surface area (Å²) in [6.07, 6.45) is 3.58. The van der Waals surface area contributed by atoms with Crippen LogP contribution in [0.4, 0.5) is 5.00 Å². The van der Waals surface area contributed by atoms with Gasteiger partial charge in [0, 0.05) is 16.9 Å². The third-order valence-corrected chi connectivity index (χ3v) is 7.57. The fraction of sp³-hybridized carbons (Fsp3) is 0.269. The van der Waals surface area contributed by atoms with Crippen molar-refractivity contribution in [1.29, 1.82) is 0 Å². The van der Waals surface area contributed by atoms with E-state index >= 15 is 0 Å². The van der Waals surface area contributed by atoms with E-state index in [4.69, 9.17) is 21.7 Å². The molecule has 6 nitrogen and oxygen atoms in total. The van der Waals surface area contributed by atoms with Gasteiger partial charge in [-0.1, -0.05) is 30.3 Å². The molecule has 0 unspecified atom stereocenters. The van der Waals surface area contributed by atoms with Crippen molar-refractivity contribution in [2.45, 2.75) is 32.6 Å². The number of halogens is 1. The van der Waals surface area contributed by atoms with Crippen molar-refractivity contribution in [1.82, 2.24) is 5.32 Å². The molecule has 3 aromatic rings. The first kappa shape index (κ1) is 25.3. The number of hydrogen-bond acceptors (Lipinski definition) is 6. The molecule has 9 heteroatoms. The van der Waals surface area contributed by atoms with Crippen LogP contribution in [0.3, 0.4) is 0 Å². The van der Waals surface area contributed by atoms with Crippen LogP contribution >= 0.6 is 39.5 Å². The normalized spacial score (nSPS) is 12.1. The molecule has 1 amide bonds. The number of benzene rings is 2. The molecular weight excluding hydrogens is 548 g/mol. The maximum atomic E-state index is 12.8. The summed E-state index contributed by atoms with van der Waals surface area (Å²) >= 11 is 10.3. The van der Waals surface area contributed by atoms with Gasteiger partial charge in [0.1, 0.15) is 10.8 Å². The number of carbonyl (C=O) groups is 2. The Bertz CT molecular complexity index is 1240. The monoisotopic (exact) mass is 572 g/mol. The summed E-state index contributed by atoms with van der Waals surface area (Å²) in [6, 6.07) is 15.2. The number of esters is 1. The molecule has 2 aromatic carbocycles. The van der Waals surface area contributed by atoms with E-state index in [1.165, 1.54) is 16.9 Å². The number of thiocarbonyl (C=S) groups is 1. The molecule has 0 atom stereocenters. The average Bonchev–Trinajstić information content (AvgIpc) is 3.41. The quantitative estimate of drug-likeness (QED) is 0.257. The van der Waals surface area contributed by atoms with Crippen LogP contribution in [0.5, 0.6) is 5.75 Å². The maximum absolute atomic E-state index is 12.8. The maximum Gasteiger partial charge on any atom is 0.341 e. The largest absolute Gasteiger partial charge is 0.492 e. The standard InChI is InChI=1S/C26H25BrN2O4S2/c1-2-32-25(31)22-18-9-6-10-21(18)35-24(22)29-26(34)28-23(30)17-11-12-20(19(27)15-17)33-14-13-16-7-4-3-5-8-16/h3-5,7-8,11-12,15H,2,6,9-10,13-14H2,1H3,(H2,28,29,30,34). The number of anilines is 1. The van der Waals surface area contributed by atoms with Gasteiger partial charge in [0.05, 0.1) is 23.2 Å². The smallest absolute Gasteiger partial charge is 0.341 e. The van der Waals surface area contributed by atoms with Crippen molar-refractivity contribution in [3.05, 3.63) is 80.1 Å². The summed E-state index contributed by atoms with van der Waals surface area (Å²) in [7, 11) is 0. The van der Waals surface area contributed by atoms with Gasteiger partial charge in [0.25, 0.3) is 5.91 Å². The van der Waals surface area contributed by atoms with Crippen LogP contribution in [0, 0.1) is 0 Å². The Kier molecular flexibility index (Phi) is 8.54. The lowest BCUT2D eigenvalue weighted by Crippen LogP contribution is -2.34. The second kappa shape index (κ2) is 11.8. The van der Waals surface area contributed by atoms with E-state index in [0.29, 0.717) is 39.6 Å². The molecule has 1 heterocycles. The molecule has 0 bridgehead atoms. The van der Waals surface area contributed by atoms with Gasteiger partial charge < -0.3 is 14.8 Å². The van der Waals surface area contributed by atoms with Gasteiger partial charge in [-0.05, 0) is 83.7 Å². The predicted octanol–water partition coefficient (Wildman–Crippen LogP) is 5.92. The molecule has 0 saturated heterocycles. The first-order chi connectivity index (χ1) is 17.0. The number of aryl methyl sites for hydroxylation is 1. The predicted molar refractivity (Wildman–Crippen MR) is 146 cm³/mol. The van der Waals surface area contributed by atoms with Gasteiger partial charge in [-0.15, -0.1) is 11.3 Å². The van der Waals surface area contributed by atoms with E-state index in [1.54, 1.807) is 25.1 Å². The number of rotatable bonds is 8. The number of fused-ring (bicyclic) bond motifs is 1. The Morgan fingerprint density at radius 2 is 1.94 bits per heavy atom. The second-order valence-corrected chi connectivity index (χ2v) is 10.3. The minimum atomic E-state index is -0.365. The third kappa shape index (κ3) is 6.28. The molecule has 1 aliphatic rings. The van der Waals surface area contributed by atoms with E-state index in [0.717, 1.165) is 36.1 Å². The molecule has 1 aromatic heterocycles. The van der Waals surface area contributed by atoms with Gasteiger partial charge in [-0.25, -0.2) is 4.79 Å². The molecule has 0 aliphatic heterocycles. The molecule has 0 saturated carbocycles. The van der Waals surface area contributed by atoms with Crippen molar-refractivity contribution < 1.29 is 19.1 Å². The van der Waals surface area contributed by atoms with Crippen LogP contribution in [0.15, 0.2) is 53.0 Å². The zero-order chi connectivity index (χ0) is 24.8. The molecule has 0 spiro atoms. The molecule has 2 N–H and O–H groups in total. The van der Waals surface area contributed by atoms with Crippen molar-refractivity contribution in [3.8, 4) is 5.75 Å². The zero-order valence-electron chi connectivity index (χ0n) is 19.2. The molecule has 182 valence electrons. The van der Waals surface area contributed by atoms with Crippen LogP contribution < -0.4 is 15.4 Å². The topological polar surface area (TPSA) is 76.7 Å². The summed E-state index contributed by atoms with van der Waals surface area (Å²) in [5.74, 6) is -0.0681. The van der Waals surface area contributed by atoms with Gasteiger partial charge in [0.2, 0.25) is 0 Å².